The average molecular weight is 652 g/mol. The second-order valence-corrected chi connectivity index (χ2v) is 10.8. The summed E-state index contributed by atoms with van der Waals surface area (Å²) in [5, 5.41) is 12.1. The van der Waals surface area contributed by atoms with Crippen LogP contribution in [0.1, 0.15) is 56.4 Å². The smallest absolute Gasteiger partial charge is 0.324 e. The predicted molar refractivity (Wildman–Crippen MR) is 168 cm³/mol. The summed E-state index contributed by atoms with van der Waals surface area (Å²) >= 11 is 6.22. The molecule has 0 radical (unpaired) electrons. The zero-order valence-corrected chi connectivity index (χ0v) is 25.3. The van der Waals surface area contributed by atoms with Gasteiger partial charge in [0.15, 0.2) is 0 Å². The largest absolute Gasteiger partial charge is 0.416 e. The lowest BCUT2D eigenvalue weighted by atomic mass is 10.1. The van der Waals surface area contributed by atoms with Crippen molar-refractivity contribution >= 4 is 52.3 Å². The number of benzene rings is 3. The maximum Gasteiger partial charge on any atom is 0.416 e. The number of hydrogen-bond acceptors (Lipinski definition) is 7. The Bertz CT molecular complexity index is 1730. The van der Waals surface area contributed by atoms with E-state index in [1.807, 2.05) is 6.92 Å². The molecular formula is C32H29ClF3N7O3. The van der Waals surface area contributed by atoms with Gasteiger partial charge in [0.2, 0.25) is 5.95 Å². The number of nitrogens with one attached hydrogen (secondary N) is 3. The third-order valence-electron chi connectivity index (χ3n) is 7.18. The molecule has 3 N–H and O–H groups in total. The summed E-state index contributed by atoms with van der Waals surface area (Å²) in [6.07, 6.45) is 0.313. The van der Waals surface area contributed by atoms with Crippen LogP contribution in [0.15, 0.2) is 79.1 Å². The monoisotopic (exact) mass is 651 g/mol. The van der Waals surface area contributed by atoms with E-state index < -0.39 is 23.6 Å². The van der Waals surface area contributed by atoms with Crippen LogP contribution in [-0.4, -0.2) is 57.3 Å². The second kappa shape index (κ2) is 14.0. The van der Waals surface area contributed by atoms with Gasteiger partial charge in [0.25, 0.3) is 17.7 Å². The number of hydrogen-bond donors (Lipinski definition) is 3. The Hall–Kier alpha value is -5.01. The minimum absolute atomic E-state index is 0.00622. The van der Waals surface area contributed by atoms with Crippen LogP contribution in [0.5, 0.6) is 0 Å². The van der Waals surface area contributed by atoms with Crippen molar-refractivity contribution in [2.45, 2.75) is 25.9 Å². The number of anilines is 4. The SMILES string of the molecule is CCN(C(=O)c1ccc(Nc2ncc(NC(=O)c3cc(NC(=O)c4cccc(C(F)(F)F)c4)ccc3Cl)cn2)cc1)N1CCCC1. The molecule has 0 unspecified atom stereocenters. The molecule has 238 valence electrons. The van der Waals surface area contributed by atoms with Gasteiger partial charge in [0, 0.05) is 42.1 Å². The molecule has 14 heteroatoms. The number of hydrazine groups is 1. The molecule has 3 amide bonds. The minimum atomic E-state index is -4.60. The highest BCUT2D eigenvalue weighted by Gasteiger charge is 2.31. The molecule has 10 nitrogen and oxygen atoms in total. The van der Waals surface area contributed by atoms with E-state index in [4.69, 9.17) is 11.6 Å². The van der Waals surface area contributed by atoms with Crippen LogP contribution < -0.4 is 16.0 Å². The number of amides is 3. The molecular weight excluding hydrogens is 623 g/mol. The van der Waals surface area contributed by atoms with Gasteiger partial charge in [-0.1, -0.05) is 17.7 Å². The van der Waals surface area contributed by atoms with Gasteiger partial charge in [-0.05, 0) is 80.4 Å². The van der Waals surface area contributed by atoms with Crippen molar-refractivity contribution in [3.63, 3.8) is 0 Å². The molecule has 3 aromatic carbocycles. The molecule has 1 saturated heterocycles. The predicted octanol–water partition coefficient (Wildman–Crippen LogP) is 6.87. The summed E-state index contributed by atoms with van der Waals surface area (Å²) in [6.45, 7) is 4.29. The standard InChI is InChI=1S/C32H29ClF3N7O3/c1-2-43(42-14-3-4-15-42)30(46)20-8-10-23(11-9-20)41-31-37-18-25(19-38-31)40-29(45)26-17-24(12-13-27(26)33)39-28(44)21-6-5-7-22(16-21)32(34,35)36/h5-13,16-19H,2-4,14-15H2,1H3,(H,39,44)(H,40,45)(H,37,38,41). The van der Waals surface area contributed by atoms with Crippen molar-refractivity contribution in [1.29, 1.82) is 0 Å². The lowest BCUT2D eigenvalue weighted by Gasteiger charge is -2.30. The van der Waals surface area contributed by atoms with E-state index in [9.17, 15) is 27.6 Å². The summed E-state index contributed by atoms with van der Waals surface area (Å²) in [5.41, 5.74) is 0.482. The Morgan fingerprint density at radius 1 is 0.848 bits per heavy atom. The van der Waals surface area contributed by atoms with Crippen molar-refractivity contribution in [3.8, 4) is 0 Å². The van der Waals surface area contributed by atoms with Gasteiger partial charge in [-0.25, -0.2) is 15.0 Å². The number of aromatic nitrogens is 2. The van der Waals surface area contributed by atoms with E-state index in [0.29, 0.717) is 17.8 Å². The van der Waals surface area contributed by atoms with Crippen molar-refractivity contribution in [2.75, 3.05) is 35.6 Å². The Kier molecular flexibility index (Phi) is 9.83. The first kappa shape index (κ1) is 32.4. The average Bonchev–Trinajstić information content (AvgIpc) is 3.58. The Balaban J connectivity index is 1.19. The molecule has 46 heavy (non-hydrogen) atoms. The summed E-state index contributed by atoms with van der Waals surface area (Å²) < 4.78 is 39.1. The molecule has 0 spiro atoms. The topological polar surface area (TPSA) is 120 Å². The molecule has 1 aliphatic rings. The molecule has 1 aliphatic heterocycles. The van der Waals surface area contributed by atoms with Gasteiger partial charge in [0.05, 0.1) is 34.2 Å². The van der Waals surface area contributed by atoms with Crippen LogP contribution >= 0.6 is 11.6 Å². The molecule has 0 atom stereocenters. The number of alkyl halides is 3. The molecule has 4 aromatic rings. The fraction of sp³-hybridized carbons (Fsp3) is 0.219. The summed E-state index contributed by atoms with van der Waals surface area (Å²) in [7, 11) is 0. The number of carbonyl (C=O) groups excluding carboxylic acids is 3. The normalized spacial score (nSPS) is 13.2. The first-order valence-corrected chi connectivity index (χ1v) is 14.7. The molecule has 1 fully saturated rings. The van der Waals surface area contributed by atoms with E-state index >= 15 is 0 Å². The van der Waals surface area contributed by atoms with E-state index in [1.54, 1.807) is 29.3 Å². The highest BCUT2D eigenvalue weighted by Crippen LogP contribution is 2.30. The summed E-state index contributed by atoms with van der Waals surface area (Å²) in [6, 6.07) is 15.1. The molecule has 1 aromatic heterocycles. The van der Waals surface area contributed by atoms with Gasteiger partial charge in [-0.3, -0.25) is 19.4 Å². The van der Waals surface area contributed by atoms with Crippen LogP contribution in [0.3, 0.4) is 0 Å². The molecule has 2 heterocycles. The number of nitrogens with zero attached hydrogens (tertiary/aromatic N) is 4. The van der Waals surface area contributed by atoms with Crippen LogP contribution in [-0.2, 0) is 6.18 Å². The highest BCUT2D eigenvalue weighted by atomic mass is 35.5. The maximum absolute atomic E-state index is 13.0. The zero-order chi connectivity index (χ0) is 32.8. The molecule has 0 bridgehead atoms. The first-order chi connectivity index (χ1) is 22.0. The Morgan fingerprint density at radius 2 is 1.50 bits per heavy atom. The number of rotatable bonds is 9. The van der Waals surface area contributed by atoms with Crippen LogP contribution in [0.2, 0.25) is 5.02 Å². The highest BCUT2D eigenvalue weighted by molar-refractivity contribution is 6.34. The van der Waals surface area contributed by atoms with Gasteiger partial charge in [-0.2, -0.15) is 13.2 Å². The van der Waals surface area contributed by atoms with E-state index in [2.05, 4.69) is 30.9 Å². The quantitative estimate of drug-likeness (QED) is 0.181. The van der Waals surface area contributed by atoms with Crippen LogP contribution in [0.4, 0.5) is 36.2 Å². The third-order valence-corrected chi connectivity index (χ3v) is 7.51. The summed E-state index contributed by atoms with van der Waals surface area (Å²) in [4.78, 5) is 47.0. The minimum Gasteiger partial charge on any atom is -0.324 e. The van der Waals surface area contributed by atoms with E-state index in [-0.39, 0.29) is 39.4 Å². The van der Waals surface area contributed by atoms with Crippen molar-refractivity contribution in [2.24, 2.45) is 0 Å². The Labute approximate surface area is 267 Å². The van der Waals surface area contributed by atoms with Gasteiger partial charge in [0.1, 0.15) is 0 Å². The molecule has 0 aliphatic carbocycles. The van der Waals surface area contributed by atoms with Crippen molar-refractivity contribution in [3.05, 3.63) is 106 Å². The lowest BCUT2D eigenvalue weighted by Crippen LogP contribution is -2.44. The lowest BCUT2D eigenvalue weighted by molar-refractivity contribution is -0.137. The van der Waals surface area contributed by atoms with Gasteiger partial charge >= 0.3 is 6.18 Å². The number of halogens is 4. The third kappa shape index (κ3) is 7.79. The summed E-state index contributed by atoms with van der Waals surface area (Å²) in [5.74, 6) is -1.22. The first-order valence-electron chi connectivity index (χ1n) is 14.4. The Morgan fingerprint density at radius 3 is 2.15 bits per heavy atom. The number of carbonyl (C=O) groups is 3. The van der Waals surface area contributed by atoms with Gasteiger partial charge < -0.3 is 16.0 Å². The van der Waals surface area contributed by atoms with Gasteiger partial charge in [-0.15, -0.1) is 0 Å². The van der Waals surface area contributed by atoms with Crippen molar-refractivity contribution < 1.29 is 27.6 Å². The van der Waals surface area contributed by atoms with E-state index in [0.717, 1.165) is 44.1 Å². The molecule has 0 saturated carbocycles. The van der Waals surface area contributed by atoms with Crippen LogP contribution in [0, 0.1) is 0 Å². The maximum atomic E-state index is 13.0. The fourth-order valence-electron chi connectivity index (χ4n) is 4.86. The van der Waals surface area contributed by atoms with E-state index in [1.165, 1.54) is 36.7 Å². The van der Waals surface area contributed by atoms with Crippen molar-refractivity contribution in [1.82, 2.24) is 20.0 Å². The van der Waals surface area contributed by atoms with Crippen LogP contribution in [0.25, 0.3) is 0 Å². The zero-order valence-electron chi connectivity index (χ0n) is 24.6. The second-order valence-electron chi connectivity index (χ2n) is 10.4. The fourth-order valence-corrected chi connectivity index (χ4v) is 5.06. The molecule has 5 rings (SSSR count).